The SMILES string of the molecule is Cc1ccc(C(=O)/C=C/Nc2cc(Cl)ccc2Cl)cc1C. The van der Waals surface area contributed by atoms with Gasteiger partial charge in [0, 0.05) is 22.9 Å². The fraction of sp³-hybridized carbons (Fsp3) is 0.118. The van der Waals surface area contributed by atoms with Crippen molar-refractivity contribution in [2.24, 2.45) is 0 Å². The van der Waals surface area contributed by atoms with Crippen LogP contribution in [0.3, 0.4) is 0 Å². The maximum atomic E-state index is 12.1. The van der Waals surface area contributed by atoms with E-state index in [2.05, 4.69) is 5.32 Å². The molecule has 2 nitrogen and oxygen atoms in total. The summed E-state index contributed by atoms with van der Waals surface area (Å²) in [5, 5.41) is 4.09. The van der Waals surface area contributed by atoms with Crippen LogP contribution < -0.4 is 5.32 Å². The number of carbonyl (C=O) groups excluding carboxylic acids is 1. The molecule has 4 heteroatoms. The Kier molecular flexibility index (Phi) is 5.05. The molecule has 2 aromatic carbocycles. The van der Waals surface area contributed by atoms with Crippen molar-refractivity contribution in [3.8, 4) is 0 Å². The van der Waals surface area contributed by atoms with Gasteiger partial charge in [0.2, 0.25) is 0 Å². The van der Waals surface area contributed by atoms with E-state index in [9.17, 15) is 4.79 Å². The van der Waals surface area contributed by atoms with Gasteiger partial charge in [0.25, 0.3) is 0 Å². The summed E-state index contributed by atoms with van der Waals surface area (Å²) >= 11 is 11.9. The van der Waals surface area contributed by atoms with Gasteiger partial charge in [-0.1, -0.05) is 35.3 Å². The summed E-state index contributed by atoms with van der Waals surface area (Å²) in [4.78, 5) is 12.1. The molecule has 0 aliphatic rings. The highest BCUT2D eigenvalue weighted by molar-refractivity contribution is 6.35. The van der Waals surface area contributed by atoms with Gasteiger partial charge in [0.1, 0.15) is 0 Å². The summed E-state index contributed by atoms with van der Waals surface area (Å²) < 4.78 is 0. The first kappa shape index (κ1) is 15.6. The van der Waals surface area contributed by atoms with Crippen LogP contribution in [-0.4, -0.2) is 5.78 Å². The normalized spacial score (nSPS) is 10.9. The predicted octanol–water partition coefficient (Wildman–Crippen LogP) is 5.42. The summed E-state index contributed by atoms with van der Waals surface area (Å²) in [5.41, 5.74) is 3.58. The minimum Gasteiger partial charge on any atom is -0.360 e. The Morgan fingerprint density at radius 2 is 1.81 bits per heavy atom. The molecule has 0 unspecified atom stereocenters. The summed E-state index contributed by atoms with van der Waals surface area (Å²) in [5.74, 6) is -0.0660. The first-order chi connectivity index (χ1) is 9.97. The number of rotatable bonds is 4. The number of anilines is 1. The maximum Gasteiger partial charge on any atom is 0.187 e. The Hall–Kier alpha value is -1.77. The molecule has 0 fully saturated rings. The van der Waals surface area contributed by atoms with E-state index in [0.717, 1.165) is 5.56 Å². The zero-order valence-corrected chi connectivity index (χ0v) is 13.3. The van der Waals surface area contributed by atoms with E-state index < -0.39 is 0 Å². The minimum atomic E-state index is -0.0660. The van der Waals surface area contributed by atoms with Crippen LogP contribution in [0.1, 0.15) is 21.5 Å². The van der Waals surface area contributed by atoms with E-state index in [1.54, 1.807) is 24.4 Å². The van der Waals surface area contributed by atoms with E-state index >= 15 is 0 Å². The second-order valence-electron chi connectivity index (χ2n) is 4.77. The lowest BCUT2D eigenvalue weighted by atomic mass is 10.0. The molecule has 2 rings (SSSR count). The number of allylic oxidation sites excluding steroid dienone is 1. The van der Waals surface area contributed by atoms with Crippen molar-refractivity contribution in [3.63, 3.8) is 0 Å². The van der Waals surface area contributed by atoms with Crippen molar-refractivity contribution in [3.05, 3.63) is 75.4 Å². The molecule has 1 N–H and O–H groups in total. The highest BCUT2D eigenvalue weighted by atomic mass is 35.5. The molecular formula is C17H15Cl2NO. The van der Waals surface area contributed by atoms with Gasteiger partial charge in [-0.15, -0.1) is 0 Å². The number of nitrogens with one attached hydrogen (secondary N) is 1. The maximum absolute atomic E-state index is 12.1. The lowest BCUT2D eigenvalue weighted by molar-refractivity contribution is 0.104. The molecule has 0 aliphatic heterocycles. The van der Waals surface area contributed by atoms with Crippen molar-refractivity contribution in [1.82, 2.24) is 0 Å². The quantitative estimate of drug-likeness (QED) is 0.602. The van der Waals surface area contributed by atoms with Crippen LogP contribution >= 0.6 is 23.2 Å². The number of benzene rings is 2. The van der Waals surface area contributed by atoms with E-state index in [4.69, 9.17) is 23.2 Å². The van der Waals surface area contributed by atoms with Gasteiger partial charge in [0.15, 0.2) is 5.78 Å². The largest absolute Gasteiger partial charge is 0.360 e. The molecule has 0 bridgehead atoms. The van der Waals surface area contributed by atoms with Crippen molar-refractivity contribution in [2.75, 3.05) is 5.32 Å². The van der Waals surface area contributed by atoms with Crippen molar-refractivity contribution >= 4 is 34.7 Å². The van der Waals surface area contributed by atoms with E-state index in [1.165, 1.54) is 11.6 Å². The Morgan fingerprint density at radius 1 is 1.05 bits per heavy atom. The standard InChI is InChI=1S/C17H15Cl2NO/c1-11-3-4-13(9-12(11)2)17(21)7-8-20-16-10-14(18)5-6-15(16)19/h3-10,20H,1-2H3/b8-7+. The third-order valence-corrected chi connectivity index (χ3v) is 3.76. The van der Waals surface area contributed by atoms with Gasteiger partial charge in [-0.05, 0) is 49.2 Å². The van der Waals surface area contributed by atoms with Crippen LogP contribution in [-0.2, 0) is 0 Å². The summed E-state index contributed by atoms with van der Waals surface area (Å²) in [6.45, 7) is 4.00. The number of aryl methyl sites for hydroxylation is 2. The Balaban J connectivity index is 2.08. The molecule has 0 amide bonds. The fourth-order valence-electron chi connectivity index (χ4n) is 1.81. The molecule has 0 saturated carbocycles. The molecule has 0 aromatic heterocycles. The third-order valence-electron chi connectivity index (χ3n) is 3.19. The first-order valence-corrected chi connectivity index (χ1v) is 7.22. The topological polar surface area (TPSA) is 29.1 Å². The van der Waals surface area contributed by atoms with Crippen LogP contribution in [0.4, 0.5) is 5.69 Å². The van der Waals surface area contributed by atoms with Crippen LogP contribution in [0, 0.1) is 13.8 Å². The smallest absolute Gasteiger partial charge is 0.187 e. The monoisotopic (exact) mass is 319 g/mol. The minimum absolute atomic E-state index is 0.0660. The Bertz CT molecular complexity index is 708. The number of carbonyl (C=O) groups is 1. The molecule has 0 atom stereocenters. The molecule has 0 saturated heterocycles. The van der Waals surface area contributed by atoms with Gasteiger partial charge in [-0.2, -0.15) is 0 Å². The zero-order chi connectivity index (χ0) is 15.4. The second-order valence-corrected chi connectivity index (χ2v) is 5.61. The van der Waals surface area contributed by atoms with Crippen LogP contribution in [0.5, 0.6) is 0 Å². The Labute approximate surface area is 134 Å². The van der Waals surface area contributed by atoms with Crippen molar-refractivity contribution in [1.29, 1.82) is 0 Å². The van der Waals surface area contributed by atoms with Crippen LogP contribution in [0.15, 0.2) is 48.7 Å². The molecule has 21 heavy (non-hydrogen) atoms. The highest BCUT2D eigenvalue weighted by Crippen LogP contribution is 2.25. The lowest BCUT2D eigenvalue weighted by Crippen LogP contribution is -1.98. The van der Waals surface area contributed by atoms with Crippen molar-refractivity contribution < 1.29 is 4.79 Å². The Morgan fingerprint density at radius 3 is 2.52 bits per heavy atom. The van der Waals surface area contributed by atoms with E-state index in [1.807, 2.05) is 32.0 Å². The number of halogens is 2. The van der Waals surface area contributed by atoms with Crippen LogP contribution in [0.25, 0.3) is 0 Å². The van der Waals surface area contributed by atoms with Gasteiger partial charge in [-0.3, -0.25) is 4.79 Å². The van der Waals surface area contributed by atoms with Gasteiger partial charge in [-0.25, -0.2) is 0 Å². The van der Waals surface area contributed by atoms with Crippen molar-refractivity contribution in [2.45, 2.75) is 13.8 Å². The number of hydrogen-bond acceptors (Lipinski definition) is 2. The second kappa shape index (κ2) is 6.79. The summed E-state index contributed by atoms with van der Waals surface area (Å²) in [6, 6.07) is 10.8. The fourth-order valence-corrected chi connectivity index (χ4v) is 2.15. The first-order valence-electron chi connectivity index (χ1n) is 6.47. The summed E-state index contributed by atoms with van der Waals surface area (Å²) in [7, 11) is 0. The van der Waals surface area contributed by atoms with E-state index in [0.29, 0.717) is 21.3 Å². The average Bonchev–Trinajstić information content (AvgIpc) is 2.45. The van der Waals surface area contributed by atoms with Gasteiger partial charge >= 0.3 is 0 Å². The number of ketones is 1. The van der Waals surface area contributed by atoms with Gasteiger partial charge < -0.3 is 5.32 Å². The van der Waals surface area contributed by atoms with E-state index in [-0.39, 0.29) is 5.78 Å². The highest BCUT2D eigenvalue weighted by Gasteiger charge is 2.03. The molecule has 2 aromatic rings. The molecule has 0 spiro atoms. The predicted molar refractivity (Wildman–Crippen MR) is 89.5 cm³/mol. The zero-order valence-electron chi connectivity index (χ0n) is 11.8. The average molecular weight is 320 g/mol. The number of hydrogen-bond donors (Lipinski definition) is 1. The molecule has 0 radical (unpaired) electrons. The molecule has 0 aliphatic carbocycles. The third kappa shape index (κ3) is 4.10. The summed E-state index contributed by atoms with van der Waals surface area (Å²) in [6.07, 6.45) is 3.04. The molecule has 108 valence electrons. The molecule has 0 heterocycles. The van der Waals surface area contributed by atoms with Gasteiger partial charge in [0.05, 0.1) is 10.7 Å². The lowest BCUT2D eigenvalue weighted by Gasteiger charge is -2.04. The molecular weight excluding hydrogens is 305 g/mol. The van der Waals surface area contributed by atoms with Crippen LogP contribution in [0.2, 0.25) is 10.0 Å².